The number of rotatable bonds is 6. The number of primary amides is 1. The first-order chi connectivity index (χ1) is 14.0. The third-order valence-corrected chi connectivity index (χ3v) is 5.27. The number of carbonyl (C=O) groups excluding carboxylic acids is 2. The third-order valence-electron chi connectivity index (χ3n) is 5.02. The molecule has 7 nitrogen and oxygen atoms in total. The maximum absolute atomic E-state index is 12.8. The van der Waals surface area contributed by atoms with Crippen LogP contribution in [0, 0.1) is 0 Å². The molecule has 1 fully saturated rings. The van der Waals surface area contributed by atoms with Crippen LogP contribution in [0.3, 0.4) is 0 Å². The smallest absolute Gasteiger partial charge is 0.312 e. The molecular weight excluding hydrogens is 392 g/mol. The Bertz CT molecular complexity index is 851. The number of nitrogens with zero attached hydrogens (tertiary/aromatic N) is 2. The van der Waals surface area contributed by atoms with Gasteiger partial charge in [-0.15, -0.1) is 0 Å². The molecule has 3 N–H and O–H groups in total. The summed E-state index contributed by atoms with van der Waals surface area (Å²) in [5.41, 5.74) is 7.17. The van der Waals surface area contributed by atoms with Gasteiger partial charge in [0.1, 0.15) is 5.75 Å². The van der Waals surface area contributed by atoms with Crippen molar-refractivity contribution in [2.45, 2.75) is 12.5 Å². The van der Waals surface area contributed by atoms with Crippen LogP contribution in [0.2, 0.25) is 5.02 Å². The number of hydrogen-bond donors (Lipinski definition) is 2. The average Bonchev–Trinajstić information content (AvgIpc) is 2.73. The molecule has 3 amide bonds. The van der Waals surface area contributed by atoms with Crippen LogP contribution in [-0.2, 0) is 4.79 Å². The molecule has 3 rings (SSSR count). The van der Waals surface area contributed by atoms with Crippen LogP contribution in [0.15, 0.2) is 48.5 Å². The Kier molecular flexibility index (Phi) is 6.82. The molecule has 0 radical (unpaired) electrons. The number of piperazine rings is 1. The van der Waals surface area contributed by atoms with Gasteiger partial charge in [0.15, 0.2) is 0 Å². The highest BCUT2D eigenvalue weighted by Crippen LogP contribution is 2.24. The van der Waals surface area contributed by atoms with E-state index >= 15 is 0 Å². The highest BCUT2D eigenvalue weighted by atomic mass is 35.5. The number of methoxy groups -OCH3 is 1. The molecule has 0 saturated carbocycles. The van der Waals surface area contributed by atoms with Crippen LogP contribution in [0.4, 0.5) is 10.5 Å². The summed E-state index contributed by atoms with van der Waals surface area (Å²) < 4.78 is 5.29. The van der Waals surface area contributed by atoms with Gasteiger partial charge in [0.2, 0.25) is 5.91 Å². The normalized spacial score (nSPS) is 15.0. The zero-order valence-electron chi connectivity index (χ0n) is 16.3. The molecule has 154 valence electrons. The zero-order valence-corrected chi connectivity index (χ0v) is 17.1. The molecule has 0 unspecified atom stereocenters. The SMILES string of the molecule is COc1cccc(N2CCN(C(=O)C[C@@H](NC(N)=O)c3ccc(Cl)cc3)CC2)c1. The molecule has 1 aliphatic heterocycles. The maximum Gasteiger partial charge on any atom is 0.312 e. The fourth-order valence-electron chi connectivity index (χ4n) is 3.44. The van der Waals surface area contributed by atoms with E-state index in [0.717, 1.165) is 30.1 Å². The Morgan fingerprint density at radius 2 is 1.83 bits per heavy atom. The monoisotopic (exact) mass is 416 g/mol. The van der Waals surface area contributed by atoms with Crippen LogP contribution in [0.1, 0.15) is 18.0 Å². The van der Waals surface area contributed by atoms with Crippen LogP contribution >= 0.6 is 11.6 Å². The Hall–Kier alpha value is -2.93. The predicted molar refractivity (Wildman–Crippen MR) is 113 cm³/mol. The van der Waals surface area contributed by atoms with Crippen molar-refractivity contribution in [1.82, 2.24) is 10.2 Å². The lowest BCUT2D eigenvalue weighted by atomic mass is 10.0. The van der Waals surface area contributed by atoms with Gasteiger partial charge in [-0.2, -0.15) is 0 Å². The minimum Gasteiger partial charge on any atom is -0.497 e. The van der Waals surface area contributed by atoms with E-state index in [4.69, 9.17) is 22.1 Å². The third kappa shape index (κ3) is 5.54. The molecule has 0 aromatic heterocycles. The number of amides is 3. The molecule has 0 spiro atoms. The number of urea groups is 1. The van der Waals surface area contributed by atoms with Crippen molar-refractivity contribution in [1.29, 1.82) is 0 Å². The number of nitrogens with one attached hydrogen (secondary N) is 1. The predicted octanol–water partition coefficient (Wildman–Crippen LogP) is 2.80. The van der Waals surface area contributed by atoms with Gasteiger partial charge in [-0.1, -0.05) is 29.8 Å². The summed E-state index contributed by atoms with van der Waals surface area (Å²) in [5, 5.41) is 3.25. The highest BCUT2D eigenvalue weighted by molar-refractivity contribution is 6.30. The molecule has 1 heterocycles. The van der Waals surface area contributed by atoms with E-state index in [9.17, 15) is 9.59 Å². The number of halogens is 1. The molecule has 1 saturated heterocycles. The molecule has 1 aliphatic rings. The molecule has 2 aromatic carbocycles. The number of benzene rings is 2. The second-order valence-electron chi connectivity index (χ2n) is 6.89. The van der Waals surface area contributed by atoms with Gasteiger partial charge >= 0.3 is 6.03 Å². The van der Waals surface area contributed by atoms with Crippen LogP contribution in [0.25, 0.3) is 0 Å². The highest BCUT2D eigenvalue weighted by Gasteiger charge is 2.25. The second kappa shape index (κ2) is 9.52. The van der Waals surface area contributed by atoms with E-state index in [1.165, 1.54) is 0 Å². The molecule has 2 aromatic rings. The van der Waals surface area contributed by atoms with E-state index in [1.54, 1.807) is 31.4 Å². The summed E-state index contributed by atoms with van der Waals surface area (Å²) in [5.74, 6) is 0.785. The van der Waals surface area contributed by atoms with Crippen molar-refractivity contribution in [2.24, 2.45) is 5.73 Å². The van der Waals surface area contributed by atoms with E-state index in [-0.39, 0.29) is 12.3 Å². The van der Waals surface area contributed by atoms with Crippen molar-refractivity contribution in [2.75, 3.05) is 38.2 Å². The summed E-state index contributed by atoms with van der Waals surface area (Å²) in [4.78, 5) is 28.3. The summed E-state index contributed by atoms with van der Waals surface area (Å²) in [6, 6.07) is 13.8. The average molecular weight is 417 g/mol. The zero-order chi connectivity index (χ0) is 20.8. The number of ether oxygens (including phenoxy) is 1. The van der Waals surface area contributed by atoms with Crippen LogP contribution in [-0.4, -0.2) is 50.1 Å². The fourth-order valence-corrected chi connectivity index (χ4v) is 3.57. The topological polar surface area (TPSA) is 87.9 Å². The Labute approximate surface area is 175 Å². The standard InChI is InChI=1S/C21H25ClN4O3/c1-29-18-4-2-3-17(13-18)25-9-11-26(12-10-25)20(27)14-19(24-21(23)28)15-5-7-16(22)8-6-15/h2-8,13,19H,9-12,14H2,1H3,(H3,23,24,28)/t19-/m1/s1. The fraction of sp³-hybridized carbons (Fsp3) is 0.333. The van der Waals surface area contributed by atoms with E-state index in [0.29, 0.717) is 18.1 Å². The van der Waals surface area contributed by atoms with Gasteiger partial charge < -0.3 is 25.6 Å². The summed E-state index contributed by atoms with van der Waals surface area (Å²) >= 11 is 5.93. The van der Waals surface area contributed by atoms with Crippen molar-refractivity contribution in [3.05, 3.63) is 59.1 Å². The van der Waals surface area contributed by atoms with Crippen molar-refractivity contribution >= 4 is 29.2 Å². The van der Waals surface area contributed by atoms with Gasteiger partial charge in [-0.05, 0) is 29.8 Å². The Morgan fingerprint density at radius 1 is 1.14 bits per heavy atom. The first-order valence-electron chi connectivity index (χ1n) is 9.44. The summed E-state index contributed by atoms with van der Waals surface area (Å²) in [6.45, 7) is 2.68. The van der Waals surface area contributed by atoms with Gasteiger partial charge in [0.25, 0.3) is 0 Å². The molecule has 1 atom stereocenters. The van der Waals surface area contributed by atoms with E-state index < -0.39 is 12.1 Å². The minimum absolute atomic E-state index is 0.0241. The van der Waals surface area contributed by atoms with Gasteiger partial charge in [-0.25, -0.2) is 4.79 Å². The lowest BCUT2D eigenvalue weighted by molar-refractivity contribution is -0.132. The molecule has 29 heavy (non-hydrogen) atoms. The van der Waals surface area contributed by atoms with E-state index in [1.807, 2.05) is 29.2 Å². The first-order valence-corrected chi connectivity index (χ1v) is 9.82. The molecule has 0 bridgehead atoms. The molecule has 8 heteroatoms. The van der Waals surface area contributed by atoms with Gasteiger partial charge in [0, 0.05) is 43.0 Å². The number of carbonyl (C=O) groups is 2. The number of nitrogens with two attached hydrogens (primary N) is 1. The maximum atomic E-state index is 12.8. The second-order valence-corrected chi connectivity index (χ2v) is 7.32. The lowest BCUT2D eigenvalue weighted by Gasteiger charge is -2.36. The Balaban J connectivity index is 1.61. The largest absolute Gasteiger partial charge is 0.497 e. The van der Waals surface area contributed by atoms with Crippen molar-refractivity contribution in [3.8, 4) is 5.75 Å². The van der Waals surface area contributed by atoms with Crippen molar-refractivity contribution in [3.63, 3.8) is 0 Å². The summed E-state index contributed by atoms with van der Waals surface area (Å²) in [7, 11) is 1.65. The molecule has 0 aliphatic carbocycles. The quantitative estimate of drug-likeness (QED) is 0.757. The lowest BCUT2D eigenvalue weighted by Crippen LogP contribution is -2.49. The number of hydrogen-bond acceptors (Lipinski definition) is 4. The number of anilines is 1. The minimum atomic E-state index is -0.666. The first kappa shape index (κ1) is 20.8. The van der Waals surface area contributed by atoms with Crippen molar-refractivity contribution < 1.29 is 14.3 Å². The Morgan fingerprint density at radius 3 is 2.45 bits per heavy atom. The van der Waals surface area contributed by atoms with E-state index in [2.05, 4.69) is 10.2 Å². The van der Waals surface area contributed by atoms with Crippen LogP contribution < -0.4 is 20.7 Å². The molecular formula is C21H25ClN4O3. The van der Waals surface area contributed by atoms with Gasteiger partial charge in [0.05, 0.1) is 19.6 Å². The van der Waals surface area contributed by atoms with Gasteiger partial charge in [-0.3, -0.25) is 4.79 Å². The van der Waals surface area contributed by atoms with Crippen LogP contribution in [0.5, 0.6) is 5.75 Å². The summed E-state index contributed by atoms with van der Waals surface area (Å²) in [6.07, 6.45) is 0.143.